The summed E-state index contributed by atoms with van der Waals surface area (Å²) in [5.74, 6) is -3.30. The zero-order valence-corrected chi connectivity index (χ0v) is 6.02. The molecule has 1 heterocycles. The van der Waals surface area contributed by atoms with Gasteiger partial charge in [-0.05, 0) is 12.1 Å². The summed E-state index contributed by atoms with van der Waals surface area (Å²) in [6, 6.07) is 6.25. The lowest BCUT2D eigenvalue weighted by atomic mass is 10.1. The smallest absolute Gasteiger partial charge is 0.391 e. The highest BCUT2D eigenvalue weighted by atomic mass is 16.8. The topological polar surface area (TPSA) is 66.8 Å². The van der Waals surface area contributed by atoms with E-state index in [9.17, 15) is 4.79 Å². The molecular formula is C8H6O4. The summed E-state index contributed by atoms with van der Waals surface area (Å²) in [5, 5.41) is 17.9. The minimum absolute atomic E-state index is 0.197. The molecule has 0 radical (unpaired) electrons. The highest BCUT2D eigenvalue weighted by molar-refractivity contribution is 6.05. The number of para-hydroxylation sites is 1. The molecule has 0 fully saturated rings. The number of carbonyl (C=O) groups is 1. The molecule has 1 aliphatic heterocycles. The van der Waals surface area contributed by atoms with E-state index in [0.29, 0.717) is 0 Å². The first-order valence-electron chi connectivity index (χ1n) is 3.39. The first kappa shape index (κ1) is 7.27. The molecule has 0 aromatic heterocycles. The second-order valence-corrected chi connectivity index (χ2v) is 2.54. The second-order valence-electron chi connectivity index (χ2n) is 2.54. The molecule has 0 atom stereocenters. The van der Waals surface area contributed by atoms with Crippen LogP contribution in [0.4, 0.5) is 0 Å². The van der Waals surface area contributed by atoms with Crippen LogP contribution in [0.1, 0.15) is 10.4 Å². The van der Waals surface area contributed by atoms with Gasteiger partial charge in [-0.15, -0.1) is 0 Å². The van der Waals surface area contributed by atoms with Crippen LogP contribution in [-0.2, 0) is 0 Å². The summed E-state index contributed by atoms with van der Waals surface area (Å²) in [7, 11) is 0. The SMILES string of the molecule is O=C1c2ccccc2OC1(O)O. The number of hydrogen-bond donors (Lipinski definition) is 2. The number of ketones is 1. The fourth-order valence-corrected chi connectivity index (χ4v) is 1.12. The quantitative estimate of drug-likeness (QED) is 0.528. The predicted molar refractivity (Wildman–Crippen MR) is 38.6 cm³/mol. The number of fused-ring (bicyclic) bond motifs is 1. The van der Waals surface area contributed by atoms with Gasteiger partial charge >= 0.3 is 5.97 Å². The van der Waals surface area contributed by atoms with Crippen molar-refractivity contribution in [3.05, 3.63) is 29.8 Å². The van der Waals surface area contributed by atoms with Gasteiger partial charge in [-0.25, -0.2) is 0 Å². The van der Waals surface area contributed by atoms with Crippen molar-refractivity contribution in [2.75, 3.05) is 0 Å². The van der Waals surface area contributed by atoms with Gasteiger partial charge in [-0.3, -0.25) is 4.79 Å². The molecule has 4 nitrogen and oxygen atoms in total. The Balaban J connectivity index is 2.57. The van der Waals surface area contributed by atoms with Crippen molar-refractivity contribution in [2.24, 2.45) is 0 Å². The number of carbonyl (C=O) groups excluding carboxylic acids is 1. The Morgan fingerprint density at radius 3 is 2.58 bits per heavy atom. The summed E-state index contributed by atoms with van der Waals surface area (Å²) >= 11 is 0. The van der Waals surface area contributed by atoms with Gasteiger partial charge in [0.15, 0.2) is 0 Å². The van der Waals surface area contributed by atoms with E-state index in [1.807, 2.05) is 0 Å². The zero-order chi connectivity index (χ0) is 8.77. The summed E-state index contributed by atoms with van der Waals surface area (Å²) < 4.78 is 4.57. The van der Waals surface area contributed by atoms with Crippen LogP contribution in [0.2, 0.25) is 0 Å². The number of aliphatic hydroxyl groups is 2. The zero-order valence-electron chi connectivity index (χ0n) is 6.02. The lowest BCUT2D eigenvalue weighted by Crippen LogP contribution is -2.39. The van der Waals surface area contributed by atoms with E-state index < -0.39 is 11.8 Å². The number of Topliss-reactive ketones (excluding diaryl/α,β-unsaturated/α-hetero) is 1. The Bertz CT molecular complexity index is 343. The van der Waals surface area contributed by atoms with Crippen molar-refractivity contribution in [1.82, 2.24) is 0 Å². The van der Waals surface area contributed by atoms with Crippen LogP contribution in [0.25, 0.3) is 0 Å². The molecule has 0 spiro atoms. The minimum Gasteiger partial charge on any atom is -0.432 e. The fourth-order valence-electron chi connectivity index (χ4n) is 1.12. The van der Waals surface area contributed by atoms with E-state index in [0.717, 1.165) is 0 Å². The largest absolute Gasteiger partial charge is 0.432 e. The molecule has 12 heavy (non-hydrogen) atoms. The van der Waals surface area contributed by atoms with E-state index in [1.54, 1.807) is 12.1 Å². The van der Waals surface area contributed by atoms with Crippen molar-refractivity contribution >= 4 is 5.78 Å². The van der Waals surface area contributed by atoms with Gasteiger partial charge in [0.2, 0.25) is 0 Å². The van der Waals surface area contributed by atoms with Crippen LogP contribution in [0.3, 0.4) is 0 Å². The van der Waals surface area contributed by atoms with Gasteiger partial charge in [-0.2, -0.15) is 0 Å². The van der Waals surface area contributed by atoms with Gasteiger partial charge in [0.05, 0.1) is 5.56 Å². The predicted octanol–water partition coefficient (Wildman–Crippen LogP) is -0.0999. The van der Waals surface area contributed by atoms with Crippen LogP contribution in [0.5, 0.6) is 5.75 Å². The number of hydrogen-bond acceptors (Lipinski definition) is 4. The Labute approximate surface area is 68.0 Å². The van der Waals surface area contributed by atoms with Gasteiger partial charge < -0.3 is 14.9 Å². The lowest BCUT2D eigenvalue weighted by molar-refractivity contribution is -0.241. The third-order valence-corrected chi connectivity index (χ3v) is 1.68. The first-order chi connectivity index (χ1) is 5.61. The molecule has 0 saturated carbocycles. The highest BCUT2D eigenvalue weighted by Gasteiger charge is 2.45. The standard InChI is InChI=1S/C8H6O4/c9-7-5-3-1-2-4-6(5)12-8(7,10)11/h1-4,10-11H. The monoisotopic (exact) mass is 166 g/mol. The molecule has 0 bridgehead atoms. The van der Waals surface area contributed by atoms with Crippen LogP contribution in [0.15, 0.2) is 24.3 Å². The molecule has 1 aromatic carbocycles. The molecule has 0 saturated heterocycles. The molecule has 0 aliphatic carbocycles. The van der Waals surface area contributed by atoms with Crippen molar-refractivity contribution in [3.63, 3.8) is 0 Å². The molecule has 62 valence electrons. The summed E-state index contributed by atoms with van der Waals surface area (Å²) in [4.78, 5) is 11.1. The normalized spacial score (nSPS) is 18.7. The van der Waals surface area contributed by atoms with Crippen LogP contribution in [0, 0.1) is 0 Å². The number of rotatable bonds is 0. The molecule has 1 aliphatic rings. The lowest BCUT2D eigenvalue weighted by Gasteiger charge is -2.10. The maximum atomic E-state index is 11.1. The van der Waals surface area contributed by atoms with Gasteiger partial charge in [0.25, 0.3) is 5.78 Å². The van der Waals surface area contributed by atoms with E-state index in [4.69, 9.17) is 10.2 Å². The Hall–Kier alpha value is -1.39. The van der Waals surface area contributed by atoms with E-state index in [1.165, 1.54) is 12.1 Å². The average molecular weight is 166 g/mol. The molecule has 2 N–H and O–H groups in total. The van der Waals surface area contributed by atoms with Crippen molar-refractivity contribution in [2.45, 2.75) is 5.97 Å². The summed E-state index contributed by atoms with van der Waals surface area (Å²) in [5.41, 5.74) is 0.197. The third kappa shape index (κ3) is 0.823. The van der Waals surface area contributed by atoms with E-state index in [2.05, 4.69) is 4.74 Å². The number of benzene rings is 1. The van der Waals surface area contributed by atoms with Crippen molar-refractivity contribution < 1.29 is 19.7 Å². The Kier molecular flexibility index (Phi) is 1.25. The van der Waals surface area contributed by atoms with Crippen molar-refractivity contribution in [1.29, 1.82) is 0 Å². The van der Waals surface area contributed by atoms with Crippen molar-refractivity contribution in [3.8, 4) is 5.75 Å². The molecule has 0 unspecified atom stereocenters. The summed E-state index contributed by atoms with van der Waals surface area (Å²) in [6.45, 7) is 0. The first-order valence-corrected chi connectivity index (χ1v) is 3.39. The maximum Gasteiger partial charge on any atom is 0.391 e. The third-order valence-electron chi connectivity index (χ3n) is 1.68. The molecule has 4 heteroatoms. The van der Waals surface area contributed by atoms with E-state index >= 15 is 0 Å². The maximum absolute atomic E-state index is 11.1. The second kappa shape index (κ2) is 2.06. The van der Waals surface area contributed by atoms with Gasteiger partial charge in [-0.1, -0.05) is 12.1 Å². The van der Waals surface area contributed by atoms with E-state index in [-0.39, 0.29) is 11.3 Å². The fraction of sp³-hybridized carbons (Fsp3) is 0.125. The van der Waals surface area contributed by atoms with Gasteiger partial charge in [0, 0.05) is 0 Å². The molecular weight excluding hydrogens is 160 g/mol. The summed E-state index contributed by atoms with van der Waals surface area (Å²) in [6.07, 6.45) is 0. The van der Waals surface area contributed by atoms with Crippen LogP contribution >= 0.6 is 0 Å². The molecule has 2 rings (SSSR count). The average Bonchev–Trinajstić information content (AvgIpc) is 2.24. The minimum atomic E-state index is -2.68. The number of ether oxygens (including phenoxy) is 1. The highest BCUT2D eigenvalue weighted by Crippen LogP contribution is 2.31. The Morgan fingerprint density at radius 2 is 1.92 bits per heavy atom. The van der Waals surface area contributed by atoms with Crippen LogP contribution in [-0.4, -0.2) is 22.0 Å². The molecule has 1 aromatic rings. The Morgan fingerprint density at radius 1 is 1.25 bits per heavy atom. The van der Waals surface area contributed by atoms with Gasteiger partial charge in [0.1, 0.15) is 5.75 Å². The van der Waals surface area contributed by atoms with Crippen LogP contribution < -0.4 is 4.74 Å². The molecule has 0 amide bonds.